The number of oxime groups is 1. The van der Waals surface area contributed by atoms with E-state index in [9.17, 15) is 0 Å². The van der Waals surface area contributed by atoms with Gasteiger partial charge < -0.3 is 19.0 Å². The number of ether oxygens (including phenoxy) is 3. The fourth-order valence-electron chi connectivity index (χ4n) is 2.56. The van der Waals surface area contributed by atoms with Gasteiger partial charge in [0, 0.05) is 6.42 Å². The molecular weight excluding hydrogens is 294 g/mol. The monoisotopic (exact) mass is 313 g/mol. The van der Waals surface area contributed by atoms with Crippen LogP contribution < -0.4 is 14.2 Å². The van der Waals surface area contributed by atoms with Crippen molar-refractivity contribution in [3.05, 3.63) is 53.6 Å². The first-order valence-corrected chi connectivity index (χ1v) is 7.34. The van der Waals surface area contributed by atoms with Crippen LogP contribution >= 0.6 is 0 Å². The third kappa shape index (κ3) is 3.08. The van der Waals surface area contributed by atoms with E-state index in [4.69, 9.17) is 19.0 Å². The lowest BCUT2D eigenvalue weighted by molar-refractivity contribution is 0.0855. The second-order valence-electron chi connectivity index (χ2n) is 5.18. The van der Waals surface area contributed by atoms with Gasteiger partial charge in [0.15, 0.2) is 17.6 Å². The molecule has 5 heteroatoms. The molecule has 1 aliphatic rings. The van der Waals surface area contributed by atoms with Crippen molar-refractivity contribution in [3.63, 3.8) is 0 Å². The van der Waals surface area contributed by atoms with Crippen LogP contribution in [0, 0.1) is 0 Å². The molecule has 0 aromatic heterocycles. The summed E-state index contributed by atoms with van der Waals surface area (Å²) in [6.07, 6.45) is 0.592. The van der Waals surface area contributed by atoms with Crippen molar-refractivity contribution >= 4 is 5.71 Å². The SMILES string of the molecule is COc1ccc(C2=NOC(c3ccc(OC)c(OC)c3)C2)cc1. The van der Waals surface area contributed by atoms with Gasteiger partial charge in [-0.1, -0.05) is 11.2 Å². The summed E-state index contributed by atoms with van der Waals surface area (Å²) < 4.78 is 15.8. The lowest BCUT2D eigenvalue weighted by Gasteiger charge is -2.12. The average Bonchev–Trinajstić information content (AvgIpc) is 3.11. The Morgan fingerprint density at radius 3 is 2.30 bits per heavy atom. The standard InChI is InChI=1S/C18H19NO4/c1-20-14-7-4-12(5-8-14)15-11-17(23-19-15)13-6-9-16(21-2)18(10-13)22-3/h4-10,17H,11H2,1-3H3. The Bertz CT molecular complexity index is 709. The maximum absolute atomic E-state index is 5.60. The van der Waals surface area contributed by atoms with Crippen LogP contribution in [0.2, 0.25) is 0 Å². The summed E-state index contributed by atoms with van der Waals surface area (Å²) in [5.74, 6) is 2.21. The summed E-state index contributed by atoms with van der Waals surface area (Å²) in [7, 11) is 4.89. The average molecular weight is 313 g/mol. The number of nitrogens with zero attached hydrogens (tertiary/aromatic N) is 1. The Kier molecular flexibility index (Phi) is 4.37. The smallest absolute Gasteiger partial charge is 0.161 e. The molecule has 0 amide bonds. The van der Waals surface area contributed by atoms with E-state index in [2.05, 4.69) is 5.16 Å². The predicted octanol–water partition coefficient (Wildman–Crippen LogP) is 3.58. The second kappa shape index (κ2) is 6.60. The minimum Gasteiger partial charge on any atom is -0.497 e. The van der Waals surface area contributed by atoms with E-state index in [1.807, 2.05) is 42.5 Å². The molecule has 5 nitrogen and oxygen atoms in total. The first-order chi connectivity index (χ1) is 11.2. The molecule has 0 fully saturated rings. The molecule has 0 N–H and O–H groups in total. The molecule has 1 atom stereocenters. The van der Waals surface area contributed by atoms with Gasteiger partial charge in [-0.05, 0) is 47.5 Å². The lowest BCUT2D eigenvalue weighted by atomic mass is 10.00. The van der Waals surface area contributed by atoms with E-state index in [0.717, 1.165) is 22.6 Å². The van der Waals surface area contributed by atoms with Gasteiger partial charge in [0.25, 0.3) is 0 Å². The van der Waals surface area contributed by atoms with Crippen LogP contribution in [0.15, 0.2) is 47.6 Å². The van der Waals surface area contributed by atoms with E-state index in [1.54, 1.807) is 21.3 Å². The Morgan fingerprint density at radius 2 is 1.65 bits per heavy atom. The van der Waals surface area contributed by atoms with Gasteiger partial charge in [-0.3, -0.25) is 0 Å². The van der Waals surface area contributed by atoms with Crippen LogP contribution in [0.1, 0.15) is 23.7 Å². The van der Waals surface area contributed by atoms with Crippen molar-refractivity contribution in [2.24, 2.45) is 5.16 Å². The Hall–Kier alpha value is -2.69. The van der Waals surface area contributed by atoms with E-state index in [0.29, 0.717) is 17.9 Å². The van der Waals surface area contributed by atoms with Crippen LogP contribution in [-0.4, -0.2) is 27.0 Å². The first-order valence-electron chi connectivity index (χ1n) is 7.34. The van der Waals surface area contributed by atoms with E-state index >= 15 is 0 Å². The maximum atomic E-state index is 5.60. The van der Waals surface area contributed by atoms with Crippen LogP contribution in [-0.2, 0) is 4.84 Å². The van der Waals surface area contributed by atoms with Gasteiger partial charge in [0.2, 0.25) is 0 Å². The molecule has 1 heterocycles. The highest BCUT2D eigenvalue weighted by Crippen LogP contribution is 2.35. The minimum absolute atomic E-state index is 0.119. The molecule has 23 heavy (non-hydrogen) atoms. The van der Waals surface area contributed by atoms with Gasteiger partial charge in [-0.2, -0.15) is 0 Å². The lowest BCUT2D eigenvalue weighted by Crippen LogP contribution is -2.02. The number of hydrogen-bond acceptors (Lipinski definition) is 5. The second-order valence-corrected chi connectivity index (χ2v) is 5.18. The number of rotatable bonds is 5. The third-order valence-electron chi connectivity index (χ3n) is 3.87. The van der Waals surface area contributed by atoms with Gasteiger partial charge in [-0.15, -0.1) is 0 Å². The largest absolute Gasteiger partial charge is 0.497 e. The Balaban J connectivity index is 1.75. The summed E-state index contributed by atoms with van der Waals surface area (Å²) in [5.41, 5.74) is 2.97. The number of methoxy groups -OCH3 is 3. The van der Waals surface area contributed by atoms with Crippen molar-refractivity contribution in [2.75, 3.05) is 21.3 Å². The normalized spacial score (nSPS) is 16.5. The molecule has 0 saturated carbocycles. The molecular formula is C18H19NO4. The molecule has 0 saturated heterocycles. The summed E-state index contributed by atoms with van der Waals surface area (Å²) >= 11 is 0. The van der Waals surface area contributed by atoms with Gasteiger partial charge in [0.05, 0.1) is 27.0 Å². The zero-order valence-electron chi connectivity index (χ0n) is 13.4. The van der Waals surface area contributed by atoms with Gasteiger partial charge in [0.1, 0.15) is 5.75 Å². The van der Waals surface area contributed by atoms with Crippen molar-refractivity contribution in [1.82, 2.24) is 0 Å². The van der Waals surface area contributed by atoms with E-state index in [1.165, 1.54) is 0 Å². The molecule has 2 aromatic rings. The molecule has 0 bridgehead atoms. The molecule has 1 unspecified atom stereocenters. The summed E-state index contributed by atoms with van der Waals surface area (Å²) in [5, 5.41) is 4.22. The van der Waals surface area contributed by atoms with E-state index < -0.39 is 0 Å². The predicted molar refractivity (Wildman–Crippen MR) is 87.5 cm³/mol. The maximum Gasteiger partial charge on any atom is 0.161 e. The molecule has 0 radical (unpaired) electrons. The third-order valence-corrected chi connectivity index (χ3v) is 3.87. The molecule has 0 spiro atoms. The zero-order valence-corrected chi connectivity index (χ0v) is 13.4. The quantitative estimate of drug-likeness (QED) is 0.846. The minimum atomic E-state index is -0.119. The van der Waals surface area contributed by atoms with Crippen molar-refractivity contribution in [1.29, 1.82) is 0 Å². The van der Waals surface area contributed by atoms with Crippen molar-refractivity contribution < 1.29 is 19.0 Å². The van der Waals surface area contributed by atoms with Gasteiger partial charge in [-0.25, -0.2) is 0 Å². The molecule has 1 aliphatic heterocycles. The summed E-state index contributed by atoms with van der Waals surface area (Å²) in [6, 6.07) is 13.6. The van der Waals surface area contributed by atoms with Crippen LogP contribution in [0.4, 0.5) is 0 Å². The molecule has 3 rings (SSSR count). The first kappa shape index (κ1) is 15.2. The summed E-state index contributed by atoms with van der Waals surface area (Å²) in [6.45, 7) is 0. The molecule has 120 valence electrons. The summed E-state index contributed by atoms with van der Waals surface area (Å²) in [4.78, 5) is 5.60. The van der Waals surface area contributed by atoms with Crippen molar-refractivity contribution in [3.8, 4) is 17.2 Å². The fraction of sp³-hybridized carbons (Fsp3) is 0.278. The highest BCUT2D eigenvalue weighted by Gasteiger charge is 2.25. The fourth-order valence-corrected chi connectivity index (χ4v) is 2.56. The number of hydrogen-bond donors (Lipinski definition) is 0. The number of benzene rings is 2. The van der Waals surface area contributed by atoms with E-state index in [-0.39, 0.29) is 6.10 Å². The van der Waals surface area contributed by atoms with Crippen LogP contribution in [0.3, 0.4) is 0 Å². The molecule has 2 aromatic carbocycles. The Labute approximate surface area is 135 Å². The van der Waals surface area contributed by atoms with Gasteiger partial charge >= 0.3 is 0 Å². The molecule has 0 aliphatic carbocycles. The zero-order chi connectivity index (χ0) is 16.2. The van der Waals surface area contributed by atoms with Crippen LogP contribution in [0.5, 0.6) is 17.2 Å². The highest BCUT2D eigenvalue weighted by molar-refractivity contribution is 6.01. The topological polar surface area (TPSA) is 49.3 Å². The van der Waals surface area contributed by atoms with Crippen molar-refractivity contribution in [2.45, 2.75) is 12.5 Å². The highest BCUT2D eigenvalue weighted by atomic mass is 16.6. The van der Waals surface area contributed by atoms with Crippen LogP contribution in [0.25, 0.3) is 0 Å². The Morgan fingerprint density at radius 1 is 0.913 bits per heavy atom.